The van der Waals surface area contributed by atoms with Crippen molar-refractivity contribution in [3.63, 3.8) is 0 Å². The van der Waals surface area contributed by atoms with Gasteiger partial charge in [0.25, 0.3) is 0 Å². The predicted octanol–water partition coefficient (Wildman–Crippen LogP) is 7.56. The molecular formula is C44H22Cl11MnN4. The summed E-state index contributed by atoms with van der Waals surface area (Å²) in [4.78, 5) is 17.8. The summed E-state index contributed by atoms with van der Waals surface area (Å²) in [5, 5.41) is 3.53. The van der Waals surface area contributed by atoms with Crippen LogP contribution in [0.15, 0.2) is 97.1 Å². The molecule has 4 nitrogen and oxygen atoms in total. The molecule has 0 amide bonds. The topological polar surface area (TPSA) is 57.4 Å². The monoisotopic (exact) mass is 1050 g/mol. The molecule has 7 aromatic rings. The van der Waals surface area contributed by atoms with Crippen molar-refractivity contribution in [3.8, 4) is 44.5 Å². The van der Waals surface area contributed by atoms with Crippen LogP contribution in [0.2, 0.25) is 40.2 Å². The Morgan fingerprint density at radius 1 is 0.283 bits per heavy atom. The van der Waals surface area contributed by atoms with Crippen molar-refractivity contribution in [1.82, 2.24) is 19.9 Å². The Balaban J connectivity index is 0.00000171. The van der Waals surface area contributed by atoms with Gasteiger partial charge in [-0.15, -0.1) is 0 Å². The summed E-state index contributed by atoms with van der Waals surface area (Å²) in [7, 11) is 0. The quantitative estimate of drug-likeness (QED) is 0.179. The van der Waals surface area contributed by atoms with Crippen LogP contribution < -0.4 is 37.2 Å². The van der Waals surface area contributed by atoms with Gasteiger partial charge < -0.3 is 47.2 Å². The number of aromatic nitrogens is 4. The van der Waals surface area contributed by atoms with Crippen molar-refractivity contribution in [2.24, 2.45) is 0 Å². The van der Waals surface area contributed by atoms with E-state index in [4.69, 9.17) is 103 Å². The number of nitrogens with one attached hydrogen (secondary N) is 2. The van der Waals surface area contributed by atoms with Gasteiger partial charge in [-0.2, -0.15) is 0 Å². The molecule has 0 aliphatic carbocycles. The third kappa shape index (κ3) is 8.61. The van der Waals surface area contributed by atoms with Crippen molar-refractivity contribution in [2.75, 3.05) is 0 Å². The minimum Gasteiger partial charge on any atom is -1.00 e. The van der Waals surface area contributed by atoms with Gasteiger partial charge in [0.15, 0.2) is 0 Å². The fourth-order valence-electron chi connectivity index (χ4n) is 7.20. The fraction of sp³-hybridized carbons (Fsp3) is 0. The Bertz CT molecular complexity index is 2570. The normalized spacial score (nSPS) is 11.3. The molecule has 2 aliphatic rings. The first-order valence-electron chi connectivity index (χ1n) is 17.0. The standard InChI is InChI=1S/C44H22Cl8N4.3ClH.Mn/c45-21-5-1-6-22(46)37(21)41-29-13-15-31(53-29)42(38-23(47)7-2-8-24(38)48)33-17-19-35(55-33)44(40-27(51)11-4-12-28(40)52)36-20-18-34(56-36)43(32-16-14-30(41)54-32)39-25(49)9-3-10-26(39)50;;;;/h1-20,53,56H;3*1H;/q;;;;+3/p-3. The van der Waals surface area contributed by atoms with Crippen molar-refractivity contribution in [3.05, 3.63) is 160 Å². The maximum absolute atomic E-state index is 6.95. The third-order valence-corrected chi connectivity index (χ3v) is 12.1. The van der Waals surface area contributed by atoms with E-state index in [0.717, 1.165) is 0 Å². The number of H-pyrrole nitrogens is 2. The van der Waals surface area contributed by atoms with E-state index in [1.807, 2.05) is 48.6 Å². The first kappa shape index (κ1) is 48.2. The van der Waals surface area contributed by atoms with E-state index < -0.39 is 0 Å². The Hall–Kier alpha value is -2.81. The Labute approximate surface area is 414 Å². The molecule has 2 N–H and O–H groups in total. The van der Waals surface area contributed by atoms with Gasteiger partial charge in [0.2, 0.25) is 0 Å². The molecule has 0 saturated heterocycles. The number of fused-ring (bicyclic) bond motifs is 8. The van der Waals surface area contributed by atoms with Crippen LogP contribution in [0, 0.1) is 0 Å². The van der Waals surface area contributed by atoms with Crippen LogP contribution in [0.1, 0.15) is 22.8 Å². The first-order chi connectivity index (χ1) is 27.1. The summed E-state index contributed by atoms with van der Waals surface area (Å²) in [6, 6.07) is 29.3. The first-order valence-corrected chi connectivity index (χ1v) is 20.0. The van der Waals surface area contributed by atoms with Crippen LogP contribution in [-0.2, 0) is 17.1 Å². The third-order valence-electron chi connectivity index (χ3n) is 9.60. The molecule has 4 aromatic carbocycles. The van der Waals surface area contributed by atoms with Gasteiger partial charge in [-0.25, -0.2) is 9.97 Å². The number of aromatic amines is 2. The van der Waals surface area contributed by atoms with E-state index in [1.54, 1.807) is 72.8 Å². The van der Waals surface area contributed by atoms with E-state index in [2.05, 4.69) is 9.97 Å². The number of benzene rings is 4. The zero-order valence-electron chi connectivity index (χ0n) is 30.0. The molecule has 0 spiro atoms. The van der Waals surface area contributed by atoms with Gasteiger partial charge in [-0.1, -0.05) is 117 Å². The van der Waals surface area contributed by atoms with Crippen LogP contribution in [-0.4, -0.2) is 19.9 Å². The molecule has 9 rings (SSSR count). The summed E-state index contributed by atoms with van der Waals surface area (Å²) >= 11 is 55.6. The molecular weight excluding hydrogens is 1030 g/mol. The van der Waals surface area contributed by atoms with Crippen LogP contribution in [0.3, 0.4) is 0 Å². The number of halogens is 11. The molecule has 3 aromatic heterocycles. The number of nitrogens with zero attached hydrogens (tertiary/aromatic N) is 2. The van der Waals surface area contributed by atoms with E-state index in [-0.39, 0.29) is 54.3 Å². The fourth-order valence-corrected chi connectivity index (χ4v) is 9.55. The second kappa shape index (κ2) is 19.7. The van der Waals surface area contributed by atoms with E-state index in [9.17, 15) is 0 Å². The average molecular weight is 1050 g/mol. The van der Waals surface area contributed by atoms with E-state index in [0.29, 0.717) is 130 Å². The van der Waals surface area contributed by atoms with Crippen molar-refractivity contribution in [2.45, 2.75) is 0 Å². The van der Waals surface area contributed by atoms with Crippen molar-refractivity contribution >= 4 is 139 Å². The molecule has 0 atom stereocenters. The van der Waals surface area contributed by atoms with Crippen LogP contribution in [0.25, 0.3) is 90.9 Å². The number of hydrogen-bond acceptors (Lipinski definition) is 2. The second-order valence-electron chi connectivity index (χ2n) is 12.9. The largest absolute Gasteiger partial charge is 3.00 e. The maximum atomic E-state index is 6.95. The Kier molecular flexibility index (Phi) is 15.8. The zero-order chi connectivity index (χ0) is 38.8. The van der Waals surface area contributed by atoms with Gasteiger partial charge in [0.1, 0.15) is 0 Å². The summed E-state index contributed by atoms with van der Waals surface area (Å²) < 4.78 is 0. The van der Waals surface area contributed by atoms with Gasteiger partial charge in [0, 0.05) is 66.6 Å². The molecule has 0 unspecified atom stereocenters. The van der Waals surface area contributed by atoms with E-state index >= 15 is 0 Å². The minimum atomic E-state index is 0. The Morgan fingerprint density at radius 2 is 0.467 bits per heavy atom. The summed E-state index contributed by atoms with van der Waals surface area (Å²) in [5.74, 6) is 0. The van der Waals surface area contributed by atoms with Crippen LogP contribution >= 0.6 is 92.8 Å². The van der Waals surface area contributed by atoms with Crippen LogP contribution in [0.4, 0.5) is 0 Å². The molecule has 0 radical (unpaired) electrons. The smallest absolute Gasteiger partial charge is 1.00 e. The molecule has 0 saturated carbocycles. The summed E-state index contributed by atoms with van der Waals surface area (Å²) in [6.07, 6.45) is 7.66. The van der Waals surface area contributed by atoms with Gasteiger partial charge in [-0.05, 0) is 97.1 Å². The minimum absolute atomic E-state index is 0. The maximum Gasteiger partial charge on any atom is 3.00 e. The molecule has 16 heteroatoms. The average Bonchev–Trinajstić information content (AvgIpc) is 4.00. The molecule has 5 heterocycles. The van der Waals surface area contributed by atoms with Gasteiger partial charge in [-0.3, -0.25) is 0 Å². The molecule has 2 aliphatic heterocycles. The molecule has 60 heavy (non-hydrogen) atoms. The van der Waals surface area contributed by atoms with Crippen molar-refractivity contribution in [1.29, 1.82) is 0 Å². The molecule has 0 fully saturated rings. The van der Waals surface area contributed by atoms with Crippen LogP contribution in [0.5, 0.6) is 0 Å². The summed E-state index contributed by atoms with van der Waals surface area (Å²) in [6.45, 7) is 0. The number of hydrogen-bond donors (Lipinski definition) is 2. The predicted molar refractivity (Wildman–Crippen MR) is 241 cm³/mol. The van der Waals surface area contributed by atoms with Gasteiger partial charge in [0.05, 0.1) is 63.0 Å². The summed E-state index contributed by atoms with van der Waals surface area (Å²) in [5.41, 5.74) is 10.1. The second-order valence-corrected chi connectivity index (χ2v) is 16.1. The zero-order valence-corrected chi connectivity index (χ0v) is 39.5. The van der Waals surface area contributed by atoms with E-state index in [1.165, 1.54) is 0 Å². The SMILES string of the molecule is Clc1cccc(Cl)c1-c1c2nc(c(-c3c(Cl)cccc3Cl)c3ccc([nH]3)c(-c3c(Cl)cccc3Cl)c3nc(c(-c4c(Cl)cccc4Cl)c4ccc1[nH]4)C=C3)C=C2.[Cl-].[Cl-].[Cl-].[Mn+3]. The molecule has 8 bridgehead atoms. The Morgan fingerprint density at radius 3 is 0.650 bits per heavy atom. The number of rotatable bonds is 4. The van der Waals surface area contributed by atoms with Crippen molar-refractivity contribution < 1.29 is 54.3 Å². The van der Waals surface area contributed by atoms with Gasteiger partial charge >= 0.3 is 17.1 Å². The molecule has 302 valence electrons.